The molecule has 1 aromatic carbocycles. The van der Waals surface area contributed by atoms with Crippen LogP contribution in [-0.2, 0) is 10.0 Å². The summed E-state index contributed by atoms with van der Waals surface area (Å²) >= 11 is 6.04. The fraction of sp³-hybridized carbons (Fsp3) is 0.571. The van der Waals surface area contributed by atoms with Gasteiger partial charge >= 0.3 is 0 Å². The second kappa shape index (κ2) is 7.29. The summed E-state index contributed by atoms with van der Waals surface area (Å²) in [5.74, 6) is 0.579. The molecule has 1 rings (SSSR count). The molecule has 0 bridgehead atoms. The standard InChI is InChI=1S/C14H22ClNO3S/c1-5-6-19-13-7-11(4)12(15)8-14(13)20(17,18)16-9-10(2)3/h7-8,10,16H,5-6,9H2,1-4H3. The van der Waals surface area contributed by atoms with Crippen LogP contribution < -0.4 is 9.46 Å². The van der Waals surface area contributed by atoms with Crippen LogP contribution >= 0.6 is 11.6 Å². The molecule has 0 aliphatic heterocycles. The molecule has 0 aliphatic rings. The van der Waals surface area contributed by atoms with Gasteiger partial charge in [0.25, 0.3) is 0 Å². The highest BCUT2D eigenvalue weighted by Gasteiger charge is 2.21. The van der Waals surface area contributed by atoms with Gasteiger partial charge in [-0.2, -0.15) is 0 Å². The Balaban J connectivity index is 3.16. The van der Waals surface area contributed by atoms with Gasteiger partial charge in [0.05, 0.1) is 6.61 Å². The second-order valence-electron chi connectivity index (χ2n) is 5.14. The third kappa shape index (κ3) is 4.65. The van der Waals surface area contributed by atoms with Gasteiger partial charge in [-0.15, -0.1) is 0 Å². The summed E-state index contributed by atoms with van der Waals surface area (Å²) < 4.78 is 32.8. The molecule has 0 amide bonds. The van der Waals surface area contributed by atoms with E-state index in [-0.39, 0.29) is 10.8 Å². The van der Waals surface area contributed by atoms with Crippen molar-refractivity contribution in [3.05, 3.63) is 22.7 Å². The van der Waals surface area contributed by atoms with Gasteiger partial charge in [0.1, 0.15) is 10.6 Å². The van der Waals surface area contributed by atoms with E-state index in [1.807, 2.05) is 27.7 Å². The molecular weight excluding hydrogens is 298 g/mol. The van der Waals surface area contributed by atoms with E-state index in [9.17, 15) is 8.42 Å². The summed E-state index contributed by atoms with van der Waals surface area (Å²) in [7, 11) is -3.62. The van der Waals surface area contributed by atoms with Crippen LogP contribution in [0, 0.1) is 12.8 Å². The van der Waals surface area contributed by atoms with E-state index in [0.717, 1.165) is 12.0 Å². The van der Waals surface area contributed by atoms with Crippen molar-refractivity contribution in [3.8, 4) is 5.75 Å². The molecule has 20 heavy (non-hydrogen) atoms. The lowest BCUT2D eigenvalue weighted by molar-refractivity contribution is 0.309. The molecule has 0 unspecified atom stereocenters. The Morgan fingerprint density at radius 1 is 1.35 bits per heavy atom. The van der Waals surface area contributed by atoms with Crippen molar-refractivity contribution in [1.82, 2.24) is 4.72 Å². The maximum atomic E-state index is 12.3. The third-order valence-electron chi connectivity index (χ3n) is 2.66. The molecule has 4 nitrogen and oxygen atoms in total. The van der Waals surface area contributed by atoms with E-state index in [0.29, 0.717) is 23.9 Å². The summed E-state index contributed by atoms with van der Waals surface area (Å²) in [4.78, 5) is 0.0993. The van der Waals surface area contributed by atoms with Crippen LogP contribution in [0.25, 0.3) is 0 Å². The minimum Gasteiger partial charge on any atom is -0.492 e. The number of benzene rings is 1. The van der Waals surface area contributed by atoms with Gasteiger partial charge in [-0.05, 0) is 37.0 Å². The van der Waals surface area contributed by atoms with Crippen molar-refractivity contribution in [2.24, 2.45) is 5.92 Å². The average molecular weight is 320 g/mol. The van der Waals surface area contributed by atoms with Crippen molar-refractivity contribution in [2.45, 2.75) is 39.0 Å². The number of hydrogen-bond donors (Lipinski definition) is 1. The molecule has 1 aromatic rings. The molecule has 1 N–H and O–H groups in total. The number of rotatable bonds is 7. The SMILES string of the molecule is CCCOc1cc(C)c(Cl)cc1S(=O)(=O)NCC(C)C. The number of aryl methyl sites for hydroxylation is 1. The maximum absolute atomic E-state index is 12.3. The van der Waals surface area contributed by atoms with Crippen molar-refractivity contribution in [3.63, 3.8) is 0 Å². The largest absolute Gasteiger partial charge is 0.492 e. The predicted octanol–water partition coefficient (Wildman–Crippen LogP) is 3.37. The number of halogens is 1. The third-order valence-corrected chi connectivity index (χ3v) is 4.51. The molecule has 0 saturated carbocycles. The normalized spacial score (nSPS) is 11.9. The van der Waals surface area contributed by atoms with Gasteiger partial charge < -0.3 is 4.74 Å². The lowest BCUT2D eigenvalue weighted by Crippen LogP contribution is -2.28. The molecule has 114 valence electrons. The van der Waals surface area contributed by atoms with Gasteiger partial charge in [-0.3, -0.25) is 0 Å². The van der Waals surface area contributed by atoms with Gasteiger partial charge in [0, 0.05) is 11.6 Å². The lowest BCUT2D eigenvalue weighted by atomic mass is 10.2. The van der Waals surface area contributed by atoms with E-state index in [1.54, 1.807) is 6.07 Å². The van der Waals surface area contributed by atoms with E-state index < -0.39 is 10.0 Å². The van der Waals surface area contributed by atoms with Gasteiger partial charge in [-0.25, -0.2) is 13.1 Å². The topological polar surface area (TPSA) is 55.4 Å². The Morgan fingerprint density at radius 2 is 2.00 bits per heavy atom. The summed E-state index contributed by atoms with van der Waals surface area (Å²) in [6.45, 7) is 8.51. The number of nitrogens with one attached hydrogen (secondary N) is 1. The molecule has 0 aromatic heterocycles. The van der Waals surface area contributed by atoms with E-state index in [2.05, 4.69) is 4.72 Å². The molecule has 0 heterocycles. The summed E-state index contributed by atoms with van der Waals surface area (Å²) in [6, 6.07) is 3.12. The van der Waals surface area contributed by atoms with Crippen molar-refractivity contribution >= 4 is 21.6 Å². The van der Waals surface area contributed by atoms with Crippen LogP contribution in [0.5, 0.6) is 5.75 Å². The van der Waals surface area contributed by atoms with E-state index >= 15 is 0 Å². The van der Waals surface area contributed by atoms with Crippen LogP contribution in [0.4, 0.5) is 0 Å². The van der Waals surface area contributed by atoms with Crippen molar-refractivity contribution in [2.75, 3.05) is 13.2 Å². The zero-order chi connectivity index (χ0) is 15.3. The van der Waals surface area contributed by atoms with Gasteiger partial charge in [-0.1, -0.05) is 32.4 Å². The quantitative estimate of drug-likeness (QED) is 0.838. The summed E-state index contributed by atoms with van der Waals surface area (Å²) in [5, 5.41) is 0.416. The maximum Gasteiger partial charge on any atom is 0.244 e. The van der Waals surface area contributed by atoms with Crippen LogP contribution in [0.1, 0.15) is 32.8 Å². The molecule has 0 saturated heterocycles. The molecule has 6 heteroatoms. The van der Waals surface area contributed by atoms with Crippen LogP contribution in [0.15, 0.2) is 17.0 Å². The first-order chi connectivity index (χ1) is 9.27. The number of ether oxygens (including phenoxy) is 1. The smallest absolute Gasteiger partial charge is 0.244 e. The first kappa shape index (κ1) is 17.3. The molecule has 0 radical (unpaired) electrons. The molecule has 0 aliphatic carbocycles. The Labute approximate surface area is 126 Å². The zero-order valence-electron chi connectivity index (χ0n) is 12.4. The minimum atomic E-state index is -3.62. The predicted molar refractivity (Wildman–Crippen MR) is 82.0 cm³/mol. The molecule has 0 fully saturated rings. The fourth-order valence-corrected chi connectivity index (χ4v) is 3.12. The highest BCUT2D eigenvalue weighted by molar-refractivity contribution is 7.89. The van der Waals surface area contributed by atoms with Gasteiger partial charge in [0.15, 0.2) is 0 Å². The molecular formula is C14H22ClNO3S. The second-order valence-corrected chi connectivity index (χ2v) is 7.28. The van der Waals surface area contributed by atoms with E-state index in [1.165, 1.54) is 6.07 Å². The van der Waals surface area contributed by atoms with Crippen molar-refractivity contribution < 1.29 is 13.2 Å². The van der Waals surface area contributed by atoms with E-state index in [4.69, 9.17) is 16.3 Å². The van der Waals surface area contributed by atoms with Crippen LogP contribution in [0.3, 0.4) is 0 Å². The number of sulfonamides is 1. The lowest BCUT2D eigenvalue weighted by Gasteiger charge is -2.15. The Kier molecular flexibility index (Phi) is 6.30. The molecule has 0 atom stereocenters. The molecule has 0 spiro atoms. The Hall–Kier alpha value is -0.780. The average Bonchev–Trinajstić information content (AvgIpc) is 2.37. The Bertz CT molecular complexity index is 556. The van der Waals surface area contributed by atoms with Crippen molar-refractivity contribution in [1.29, 1.82) is 0 Å². The first-order valence-corrected chi connectivity index (χ1v) is 8.56. The van der Waals surface area contributed by atoms with Crippen LogP contribution in [-0.4, -0.2) is 21.6 Å². The monoisotopic (exact) mass is 319 g/mol. The summed E-state index contributed by atoms with van der Waals surface area (Å²) in [6.07, 6.45) is 0.806. The highest BCUT2D eigenvalue weighted by Crippen LogP contribution is 2.30. The Morgan fingerprint density at radius 3 is 2.55 bits per heavy atom. The minimum absolute atomic E-state index is 0.0993. The van der Waals surface area contributed by atoms with Crippen LogP contribution in [0.2, 0.25) is 5.02 Å². The first-order valence-electron chi connectivity index (χ1n) is 6.70. The fourth-order valence-electron chi connectivity index (χ4n) is 1.53. The highest BCUT2D eigenvalue weighted by atomic mass is 35.5. The zero-order valence-corrected chi connectivity index (χ0v) is 13.9. The number of hydrogen-bond acceptors (Lipinski definition) is 3. The summed E-state index contributed by atoms with van der Waals surface area (Å²) in [5.41, 5.74) is 0.792. The van der Waals surface area contributed by atoms with Gasteiger partial charge in [0.2, 0.25) is 10.0 Å².